The van der Waals surface area contributed by atoms with Gasteiger partial charge < -0.3 is 16.0 Å². The Morgan fingerprint density at radius 2 is 2.11 bits per heavy atom. The lowest BCUT2D eigenvalue weighted by molar-refractivity contribution is 0.259. The van der Waals surface area contributed by atoms with Crippen LogP contribution in [0.4, 0.5) is 16.2 Å². The van der Waals surface area contributed by atoms with E-state index < -0.39 is 6.03 Å². The Morgan fingerprint density at radius 3 is 2.72 bits per heavy atom. The summed E-state index contributed by atoms with van der Waals surface area (Å²) in [5.41, 5.74) is 6.86. The third-order valence-electron chi connectivity index (χ3n) is 3.34. The predicted octanol–water partition coefficient (Wildman–Crippen LogP) is 3.07. The van der Waals surface area contributed by atoms with Gasteiger partial charge in [0.2, 0.25) is 0 Å². The van der Waals surface area contributed by atoms with E-state index in [1.54, 1.807) is 12.1 Å². The molecule has 1 saturated heterocycles. The molecule has 18 heavy (non-hydrogen) atoms. The average Bonchev–Trinajstić information content (AvgIpc) is 2.32. The molecule has 1 aromatic rings. The summed E-state index contributed by atoms with van der Waals surface area (Å²) in [7, 11) is 0. The molecular formula is C13H18ClN3O. The standard InChI is InChI=1S/C13H18ClN3O/c1-9-4-6-17(7-5-9)12-8-10(14)2-3-11(12)16-13(15)18/h2-3,8-9H,4-7H2,1H3,(H3,15,16,18). The summed E-state index contributed by atoms with van der Waals surface area (Å²) in [6.07, 6.45) is 2.31. The number of carbonyl (C=O) groups is 1. The summed E-state index contributed by atoms with van der Waals surface area (Å²) in [5.74, 6) is 0.757. The Balaban J connectivity index is 2.24. The van der Waals surface area contributed by atoms with Crippen LogP contribution >= 0.6 is 11.6 Å². The van der Waals surface area contributed by atoms with Crippen molar-refractivity contribution in [3.05, 3.63) is 23.2 Å². The second-order valence-electron chi connectivity index (χ2n) is 4.82. The highest BCUT2D eigenvalue weighted by atomic mass is 35.5. The fourth-order valence-electron chi connectivity index (χ4n) is 2.25. The number of amides is 2. The number of nitrogens with two attached hydrogens (primary N) is 1. The molecule has 1 aromatic carbocycles. The summed E-state index contributed by atoms with van der Waals surface area (Å²) in [6, 6.07) is 4.87. The summed E-state index contributed by atoms with van der Waals surface area (Å²) >= 11 is 6.03. The second-order valence-corrected chi connectivity index (χ2v) is 5.26. The normalized spacial score (nSPS) is 16.7. The number of hydrogen-bond donors (Lipinski definition) is 2. The van der Waals surface area contributed by atoms with Crippen LogP contribution in [0.25, 0.3) is 0 Å². The van der Waals surface area contributed by atoms with Gasteiger partial charge in [-0.25, -0.2) is 4.79 Å². The summed E-state index contributed by atoms with van der Waals surface area (Å²) in [5, 5.41) is 3.31. The molecule has 4 nitrogen and oxygen atoms in total. The number of primary amides is 1. The molecule has 0 spiro atoms. The van der Waals surface area contributed by atoms with E-state index >= 15 is 0 Å². The Labute approximate surface area is 112 Å². The number of urea groups is 1. The van der Waals surface area contributed by atoms with Crippen molar-refractivity contribution >= 4 is 29.0 Å². The lowest BCUT2D eigenvalue weighted by atomic mass is 9.98. The lowest BCUT2D eigenvalue weighted by Crippen LogP contribution is -2.33. The number of piperidine rings is 1. The van der Waals surface area contributed by atoms with E-state index in [9.17, 15) is 4.79 Å². The molecule has 3 N–H and O–H groups in total. The average molecular weight is 268 g/mol. The molecule has 1 heterocycles. The molecule has 0 unspecified atom stereocenters. The number of anilines is 2. The number of carbonyl (C=O) groups excluding carboxylic acids is 1. The molecule has 1 fully saturated rings. The lowest BCUT2D eigenvalue weighted by Gasteiger charge is -2.33. The van der Waals surface area contributed by atoms with E-state index in [2.05, 4.69) is 17.1 Å². The van der Waals surface area contributed by atoms with Gasteiger partial charge >= 0.3 is 6.03 Å². The van der Waals surface area contributed by atoms with E-state index in [4.69, 9.17) is 17.3 Å². The first kappa shape index (κ1) is 13.0. The van der Waals surface area contributed by atoms with Gasteiger partial charge in [0, 0.05) is 18.1 Å². The number of nitrogens with zero attached hydrogens (tertiary/aromatic N) is 1. The first-order valence-electron chi connectivity index (χ1n) is 6.17. The summed E-state index contributed by atoms with van der Waals surface area (Å²) < 4.78 is 0. The fourth-order valence-corrected chi connectivity index (χ4v) is 2.42. The number of hydrogen-bond acceptors (Lipinski definition) is 2. The van der Waals surface area contributed by atoms with Gasteiger partial charge in [-0.2, -0.15) is 0 Å². The summed E-state index contributed by atoms with van der Waals surface area (Å²) in [6.45, 7) is 4.22. The van der Waals surface area contributed by atoms with E-state index in [-0.39, 0.29) is 0 Å². The first-order valence-corrected chi connectivity index (χ1v) is 6.55. The van der Waals surface area contributed by atoms with Gasteiger partial charge in [0.15, 0.2) is 0 Å². The third kappa shape index (κ3) is 3.07. The van der Waals surface area contributed by atoms with Crippen molar-refractivity contribution in [2.24, 2.45) is 11.7 Å². The van der Waals surface area contributed by atoms with Crippen molar-refractivity contribution in [1.29, 1.82) is 0 Å². The van der Waals surface area contributed by atoms with E-state index in [1.165, 1.54) is 0 Å². The molecule has 2 amide bonds. The van der Waals surface area contributed by atoms with Gasteiger partial charge in [0.25, 0.3) is 0 Å². The van der Waals surface area contributed by atoms with Gasteiger partial charge in [-0.1, -0.05) is 18.5 Å². The maximum absolute atomic E-state index is 11.0. The monoisotopic (exact) mass is 267 g/mol. The SMILES string of the molecule is CC1CCN(c2cc(Cl)ccc2NC(N)=O)CC1. The van der Waals surface area contributed by atoms with Crippen LogP contribution in [0.1, 0.15) is 19.8 Å². The maximum atomic E-state index is 11.0. The Morgan fingerprint density at radius 1 is 1.44 bits per heavy atom. The van der Waals surface area contributed by atoms with Gasteiger partial charge in [0.05, 0.1) is 11.4 Å². The molecule has 1 aliphatic heterocycles. The van der Waals surface area contributed by atoms with Crippen LogP contribution in [0.3, 0.4) is 0 Å². The minimum atomic E-state index is -0.552. The van der Waals surface area contributed by atoms with Gasteiger partial charge in [-0.05, 0) is 37.0 Å². The highest BCUT2D eigenvalue weighted by Gasteiger charge is 2.19. The molecular weight excluding hydrogens is 250 g/mol. The van der Waals surface area contributed by atoms with Crippen molar-refractivity contribution in [2.75, 3.05) is 23.3 Å². The molecule has 98 valence electrons. The largest absolute Gasteiger partial charge is 0.370 e. The van der Waals surface area contributed by atoms with Crippen molar-refractivity contribution in [1.82, 2.24) is 0 Å². The van der Waals surface area contributed by atoms with Crippen LogP contribution in [-0.2, 0) is 0 Å². The fraction of sp³-hybridized carbons (Fsp3) is 0.462. The molecule has 2 rings (SSSR count). The summed E-state index contributed by atoms with van der Waals surface area (Å²) in [4.78, 5) is 13.2. The van der Waals surface area contributed by atoms with Crippen LogP contribution in [0.15, 0.2) is 18.2 Å². The van der Waals surface area contributed by atoms with E-state index in [0.29, 0.717) is 5.02 Å². The second kappa shape index (κ2) is 5.48. The zero-order valence-electron chi connectivity index (χ0n) is 10.4. The topological polar surface area (TPSA) is 58.4 Å². The molecule has 0 saturated carbocycles. The van der Waals surface area contributed by atoms with E-state index in [1.807, 2.05) is 6.07 Å². The number of rotatable bonds is 2. The Hall–Kier alpha value is -1.42. The zero-order chi connectivity index (χ0) is 13.1. The number of halogens is 1. The predicted molar refractivity (Wildman–Crippen MR) is 75.3 cm³/mol. The zero-order valence-corrected chi connectivity index (χ0v) is 11.2. The van der Waals surface area contributed by atoms with Crippen LogP contribution in [0, 0.1) is 5.92 Å². The highest BCUT2D eigenvalue weighted by molar-refractivity contribution is 6.31. The Bertz CT molecular complexity index is 442. The Kier molecular flexibility index (Phi) is 3.97. The van der Waals surface area contributed by atoms with Crippen LogP contribution in [-0.4, -0.2) is 19.1 Å². The smallest absolute Gasteiger partial charge is 0.316 e. The van der Waals surface area contributed by atoms with Crippen molar-refractivity contribution in [2.45, 2.75) is 19.8 Å². The minimum absolute atomic E-state index is 0.552. The van der Waals surface area contributed by atoms with Crippen LogP contribution in [0.5, 0.6) is 0 Å². The molecule has 0 atom stereocenters. The molecule has 0 aromatic heterocycles. The van der Waals surface area contributed by atoms with Crippen molar-refractivity contribution < 1.29 is 4.79 Å². The molecule has 5 heteroatoms. The van der Waals surface area contributed by atoms with E-state index in [0.717, 1.165) is 43.2 Å². The minimum Gasteiger partial charge on any atom is -0.370 e. The molecule has 0 radical (unpaired) electrons. The molecule has 0 aliphatic carbocycles. The maximum Gasteiger partial charge on any atom is 0.316 e. The molecule has 0 bridgehead atoms. The van der Waals surface area contributed by atoms with Crippen LogP contribution < -0.4 is 16.0 Å². The molecule has 1 aliphatic rings. The quantitative estimate of drug-likeness (QED) is 0.865. The van der Waals surface area contributed by atoms with Gasteiger partial charge in [0.1, 0.15) is 0 Å². The van der Waals surface area contributed by atoms with Gasteiger partial charge in [-0.15, -0.1) is 0 Å². The van der Waals surface area contributed by atoms with Gasteiger partial charge in [-0.3, -0.25) is 0 Å². The van der Waals surface area contributed by atoms with Crippen molar-refractivity contribution in [3.63, 3.8) is 0 Å². The number of nitrogens with one attached hydrogen (secondary N) is 1. The highest BCUT2D eigenvalue weighted by Crippen LogP contribution is 2.32. The third-order valence-corrected chi connectivity index (χ3v) is 3.58. The number of benzene rings is 1. The van der Waals surface area contributed by atoms with Crippen molar-refractivity contribution in [3.8, 4) is 0 Å². The first-order chi connectivity index (χ1) is 8.56. The van der Waals surface area contributed by atoms with Crippen LogP contribution in [0.2, 0.25) is 5.02 Å².